The highest BCUT2D eigenvalue weighted by Crippen LogP contribution is 2.32. The van der Waals surface area contributed by atoms with Gasteiger partial charge in [0.25, 0.3) is 0 Å². The molecule has 0 aliphatic heterocycles. The molecule has 0 heterocycles. The number of phenolic OH excluding ortho intramolecular Hbond substituents is 1. The zero-order valence-electron chi connectivity index (χ0n) is 11.2. The Morgan fingerprint density at radius 2 is 1.95 bits per heavy atom. The van der Waals surface area contributed by atoms with Gasteiger partial charge in [0.2, 0.25) is 0 Å². The lowest BCUT2D eigenvalue weighted by Gasteiger charge is -2.13. The first-order chi connectivity index (χ1) is 9.51. The summed E-state index contributed by atoms with van der Waals surface area (Å²) in [5.74, 6) is 0.784. The fourth-order valence-electron chi connectivity index (χ4n) is 1.89. The number of phenols is 1. The van der Waals surface area contributed by atoms with Gasteiger partial charge in [-0.3, -0.25) is 0 Å². The Morgan fingerprint density at radius 1 is 1.20 bits per heavy atom. The fraction of sp³-hybridized carbons (Fsp3) is 0.200. The highest BCUT2D eigenvalue weighted by molar-refractivity contribution is 6.35. The van der Waals surface area contributed by atoms with E-state index in [1.54, 1.807) is 13.2 Å². The highest BCUT2D eigenvalue weighted by Gasteiger charge is 2.09. The van der Waals surface area contributed by atoms with E-state index in [0.29, 0.717) is 17.1 Å². The maximum atomic E-state index is 9.91. The number of aryl methyl sites for hydroxylation is 1. The molecule has 2 N–H and O–H groups in total. The van der Waals surface area contributed by atoms with E-state index in [2.05, 4.69) is 5.32 Å². The van der Waals surface area contributed by atoms with E-state index >= 15 is 0 Å². The molecule has 0 unspecified atom stereocenters. The molecule has 2 aromatic carbocycles. The average Bonchev–Trinajstić information content (AvgIpc) is 2.42. The zero-order valence-corrected chi connectivity index (χ0v) is 12.7. The Hall–Kier alpha value is -1.58. The molecule has 20 heavy (non-hydrogen) atoms. The van der Waals surface area contributed by atoms with E-state index in [-0.39, 0.29) is 10.8 Å². The quantitative estimate of drug-likeness (QED) is 0.865. The summed E-state index contributed by atoms with van der Waals surface area (Å²) in [6.07, 6.45) is 0. The molecule has 0 fully saturated rings. The van der Waals surface area contributed by atoms with Crippen LogP contribution >= 0.6 is 23.2 Å². The van der Waals surface area contributed by atoms with Gasteiger partial charge >= 0.3 is 0 Å². The van der Waals surface area contributed by atoms with E-state index in [1.807, 2.05) is 25.1 Å². The first-order valence-corrected chi connectivity index (χ1v) is 6.82. The lowest BCUT2D eigenvalue weighted by atomic mass is 10.1. The van der Waals surface area contributed by atoms with Crippen molar-refractivity contribution in [3.8, 4) is 11.5 Å². The van der Waals surface area contributed by atoms with Gasteiger partial charge in [0.05, 0.1) is 17.8 Å². The normalized spacial score (nSPS) is 10.4. The number of methoxy groups -OCH3 is 1. The largest absolute Gasteiger partial charge is 0.506 e. The van der Waals surface area contributed by atoms with E-state index in [9.17, 15) is 5.11 Å². The smallest absolute Gasteiger partial charge is 0.142 e. The molecule has 0 aliphatic rings. The molecule has 5 heteroatoms. The number of halogens is 2. The number of nitrogens with one attached hydrogen (secondary N) is 1. The van der Waals surface area contributed by atoms with Crippen LogP contribution in [-0.2, 0) is 6.54 Å². The second-order valence-corrected chi connectivity index (χ2v) is 5.30. The Bertz CT molecular complexity index is 630. The molecule has 0 radical (unpaired) electrons. The van der Waals surface area contributed by atoms with E-state index < -0.39 is 0 Å². The van der Waals surface area contributed by atoms with Crippen LogP contribution in [0.2, 0.25) is 10.0 Å². The van der Waals surface area contributed by atoms with Crippen molar-refractivity contribution in [3.63, 3.8) is 0 Å². The lowest BCUT2D eigenvalue weighted by molar-refractivity contribution is 0.416. The van der Waals surface area contributed by atoms with Crippen LogP contribution in [0.1, 0.15) is 11.1 Å². The summed E-state index contributed by atoms with van der Waals surface area (Å²) in [7, 11) is 1.62. The fourth-order valence-corrected chi connectivity index (χ4v) is 2.42. The Balaban J connectivity index is 2.21. The van der Waals surface area contributed by atoms with Crippen LogP contribution in [0.5, 0.6) is 11.5 Å². The summed E-state index contributed by atoms with van der Waals surface area (Å²) in [6, 6.07) is 9.03. The summed E-state index contributed by atoms with van der Waals surface area (Å²) in [5.41, 5.74) is 2.58. The average molecular weight is 312 g/mol. The van der Waals surface area contributed by atoms with Gasteiger partial charge < -0.3 is 15.2 Å². The van der Waals surface area contributed by atoms with Crippen LogP contribution in [-0.4, -0.2) is 12.2 Å². The van der Waals surface area contributed by atoms with Crippen LogP contribution in [0.4, 0.5) is 5.69 Å². The molecule has 3 nitrogen and oxygen atoms in total. The second kappa shape index (κ2) is 6.25. The van der Waals surface area contributed by atoms with Gasteiger partial charge in [0.15, 0.2) is 0 Å². The Kier molecular flexibility index (Phi) is 4.63. The molecule has 0 spiro atoms. The van der Waals surface area contributed by atoms with Gasteiger partial charge in [0.1, 0.15) is 11.5 Å². The predicted molar refractivity (Wildman–Crippen MR) is 83.2 cm³/mol. The number of hydrogen-bond donors (Lipinski definition) is 2. The maximum Gasteiger partial charge on any atom is 0.142 e. The second-order valence-electron chi connectivity index (χ2n) is 4.45. The van der Waals surface area contributed by atoms with Gasteiger partial charge in [-0.25, -0.2) is 0 Å². The van der Waals surface area contributed by atoms with Crippen LogP contribution < -0.4 is 10.1 Å². The lowest BCUT2D eigenvalue weighted by Crippen LogP contribution is -2.02. The van der Waals surface area contributed by atoms with E-state index in [4.69, 9.17) is 27.9 Å². The molecule has 2 aromatic rings. The summed E-state index contributed by atoms with van der Waals surface area (Å²) in [4.78, 5) is 0. The Morgan fingerprint density at radius 3 is 2.65 bits per heavy atom. The minimum Gasteiger partial charge on any atom is -0.506 e. The van der Waals surface area contributed by atoms with Crippen LogP contribution in [0.25, 0.3) is 0 Å². The van der Waals surface area contributed by atoms with Crippen molar-refractivity contribution >= 4 is 28.9 Å². The number of benzene rings is 2. The molecule has 106 valence electrons. The minimum atomic E-state index is 0.0367. The summed E-state index contributed by atoms with van der Waals surface area (Å²) < 4.78 is 5.32. The predicted octanol–water partition coefficient (Wildman–Crippen LogP) is 4.63. The zero-order chi connectivity index (χ0) is 14.7. The molecule has 0 amide bonds. The van der Waals surface area contributed by atoms with E-state index in [1.165, 1.54) is 6.07 Å². The van der Waals surface area contributed by atoms with Gasteiger partial charge in [0, 0.05) is 17.1 Å². The van der Waals surface area contributed by atoms with Crippen LogP contribution in [0, 0.1) is 6.92 Å². The molecule has 0 atom stereocenters. The Labute approximate surface area is 128 Å². The minimum absolute atomic E-state index is 0.0367. The van der Waals surface area contributed by atoms with Crippen molar-refractivity contribution in [1.29, 1.82) is 0 Å². The summed E-state index contributed by atoms with van der Waals surface area (Å²) in [6.45, 7) is 2.39. The van der Waals surface area contributed by atoms with Crippen molar-refractivity contribution in [1.82, 2.24) is 0 Å². The van der Waals surface area contributed by atoms with Gasteiger partial charge in [-0.1, -0.05) is 29.3 Å². The maximum absolute atomic E-state index is 9.91. The third-order valence-corrected chi connectivity index (χ3v) is 3.44. The van der Waals surface area contributed by atoms with Gasteiger partial charge in [-0.2, -0.15) is 0 Å². The van der Waals surface area contributed by atoms with Crippen molar-refractivity contribution in [3.05, 3.63) is 51.5 Å². The SMILES string of the molecule is COc1cc(C)ccc1NCc1cc(Cl)cc(Cl)c1O. The number of aromatic hydroxyl groups is 1. The monoisotopic (exact) mass is 311 g/mol. The summed E-state index contributed by atoms with van der Waals surface area (Å²) in [5, 5.41) is 13.8. The van der Waals surface area contributed by atoms with Crippen molar-refractivity contribution in [2.24, 2.45) is 0 Å². The first-order valence-electron chi connectivity index (χ1n) is 6.06. The van der Waals surface area contributed by atoms with Gasteiger partial charge in [-0.05, 0) is 36.8 Å². The highest BCUT2D eigenvalue weighted by atomic mass is 35.5. The molecule has 0 saturated heterocycles. The van der Waals surface area contributed by atoms with Crippen LogP contribution in [0.3, 0.4) is 0 Å². The third-order valence-electron chi connectivity index (χ3n) is 2.93. The van der Waals surface area contributed by atoms with Crippen LogP contribution in [0.15, 0.2) is 30.3 Å². The number of rotatable bonds is 4. The van der Waals surface area contributed by atoms with Crippen molar-refractivity contribution < 1.29 is 9.84 Å². The molecule has 0 saturated carbocycles. The number of anilines is 1. The third kappa shape index (κ3) is 3.30. The van der Waals surface area contributed by atoms with Gasteiger partial charge in [-0.15, -0.1) is 0 Å². The molecule has 0 bridgehead atoms. The van der Waals surface area contributed by atoms with Crippen molar-refractivity contribution in [2.75, 3.05) is 12.4 Å². The molecular weight excluding hydrogens is 297 g/mol. The summed E-state index contributed by atoms with van der Waals surface area (Å²) >= 11 is 11.8. The number of hydrogen-bond acceptors (Lipinski definition) is 3. The molecular formula is C15H15Cl2NO2. The topological polar surface area (TPSA) is 41.5 Å². The number of ether oxygens (including phenoxy) is 1. The molecule has 0 aliphatic carbocycles. The van der Waals surface area contributed by atoms with Crippen molar-refractivity contribution in [2.45, 2.75) is 13.5 Å². The molecule has 0 aromatic heterocycles. The molecule has 2 rings (SSSR count). The van der Waals surface area contributed by atoms with E-state index in [0.717, 1.165) is 17.0 Å². The first kappa shape index (κ1) is 14.8. The standard InChI is InChI=1S/C15H15Cl2NO2/c1-9-3-4-13(14(5-9)20-2)18-8-10-6-11(16)7-12(17)15(10)19/h3-7,18-19H,8H2,1-2H3.